The van der Waals surface area contributed by atoms with E-state index in [1.165, 1.54) is 16.7 Å². The summed E-state index contributed by atoms with van der Waals surface area (Å²) in [6, 6.07) is 10.0. The Bertz CT molecular complexity index is 1810. The highest BCUT2D eigenvalue weighted by Gasteiger charge is 2.25. The van der Waals surface area contributed by atoms with Crippen molar-refractivity contribution in [3.05, 3.63) is 87.0 Å². The number of aliphatic hydroxyl groups is 1. The van der Waals surface area contributed by atoms with E-state index in [9.17, 15) is 14.3 Å². The first-order valence-corrected chi connectivity index (χ1v) is 13.8. The molecule has 0 fully saturated rings. The molecular formula is C33H36FN3O4. The third-order valence-electron chi connectivity index (χ3n) is 7.39. The van der Waals surface area contributed by atoms with Crippen molar-refractivity contribution in [1.82, 2.24) is 14.5 Å². The van der Waals surface area contributed by atoms with E-state index >= 15 is 0 Å². The van der Waals surface area contributed by atoms with Crippen LogP contribution in [0.1, 0.15) is 68.7 Å². The topological polar surface area (TPSA) is 93.3 Å². The lowest BCUT2D eigenvalue weighted by Crippen LogP contribution is -2.17. The van der Waals surface area contributed by atoms with Crippen LogP contribution in [-0.2, 0) is 19.1 Å². The minimum Gasteiger partial charge on any atom is -0.456 e. The number of hydrogen-bond acceptors (Lipinski definition) is 5. The summed E-state index contributed by atoms with van der Waals surface area (Å²) < 4.78 is 28.4. The molecule has 5 aromatic rings. The van der Waals surface area contributed by atoms with Gasteiger partial charge in [0, 0.05) is 36.0 Å². The second-order valence-corrected chi connectivity index (χ2v) is 11.5. The van der Waals surface area contributed by atoms with Gasteiger partial charge in [0.2, 0.25) is 0 Å². The zero-order valence-electron chi connectivity index (χ0n) is 24.8. The summed E-state index contributed by atoms with van der Waals surface area (Å²) in [5, 5.41) is 11.3. The van der Waals surface area contributed by atoms with Crippen molar-refractivity contribution in [2.24, 2.45) is 7.05 Å². The van der Waals surface area contributed by atoms with Crippen LogP contribution in [0.2, 0.25) is 0 Å². The molecule has 214 valence electrons. The maximum Gasteiger partial charge on any atom is 0.261 e. The van der Waals surface area contributed by atoms with Crippen molar-refractivity contribution in [1.29, 1.82) is 0 Å². The number of halogens is 1. The summed E-state index contributed by atoms with van der Waals surface area (Å²) in [5.41, 5.74) is 3.85. The Kier molecular flexibility index (Phi) is 7.15. The van der Waals surface area contributed by atoms with Gasteiger partial charge in [0.25, 0.3) is 5.56 Å². The lowest BCUT2D eigenvalue weighted by molar-refractivity contribution is 0.0786. The summed E-state index contributed by atoms with van der Waals surface area (Å²) in [6.45, 7) is 13.2. The molecule has 3 aromatic heterocycles. The Morgan fingerprint density at radius 1 is 1.12 bits per heavy atom. The predicted molar refractivity (Wildman–Crippen MR) is 159 cm³/mol. The average Bonchev–Trinajstić information content (AvgIpc) is 3.53. The molecule has 41 heavy (non-hydrogen) atoms. The van der Waals surface area contributed by atoms with Gasteiger partial charge in [0.15, 0.2) is 5.76 Å². The molecule has 0 bridgehead atoms. The first-order valence-electron chi connectivity index (χ1n) is 13.8. The zero-order chi connectivity index (χ0) is 29.8. The number of imidazole rings is 1. The number of benzene rings is 2. The maximum atomic E-state index is 14.0. The molecule has 0 saturated carbocycles. The van der Waals surface area contributed by atoms with Gasteiger partial charge < -0.3 is 23.8 Å². The van der Waals surface area contributed by atoms with Gasteiger partial charge in [-0.05, 0) is 81.1 Å². The van der Waals surface area contributed by atoms with Gasteiger partial charge in [-0.1, -0.05) is 26.8 Å². The number of aryl methyl sites for hydroxylation is 4. The Balaban J connectivity index is 1.77. The van der Waals surface area contributed by atoms with Crippen molar-refractivity contribution in [2.75, 3.05) is 0 Å². The highest BCUT2D eigenvalue weighted by molar-refractivity contribution is 5.95. The third kappa shape index (κ3) is 5.20. The van der Waals surface area contributed by atoms with E-state index in [1.807, 2.05) is 13.0 Å². The molecule has 0 saturated heterocycles. The smallest absolute Gasteiger partial charge is 0.261 e. The SMILES string of the molecule is CCc1[nH]c(C(C)C)nc1-c1cc2c(=O)n(C)cc(-c3cc(C(C)(C)O)ccc3Oc3c(C)cc(F)cc3C)c2o1. The van der Waals surface area contributed by atoms with Gasteiger partial charge >= 0.3 is 0 Å². The first kappa shape index (κ1) is 28.4. The first-order chi connectivity index (χ1) is 19.3. The lowest BCUT2D eigenvalue weighted by atomic mass is 9.93. The molecular weight excluding hydrogens is 521 g/mol. The minimum absolute atomic E-state index is 0.199. The van der Waals surface area contributed by atoms with Crippen LogP contribution in [0.5, 0.6) is 11.5 Å². The van der Waals surface area contributed by atoms with Crippen LogP contribution in [0.25, 0.3) is 33.6 Å². The molecule has 0 atom stereocenters. The van der Waals surface area contributed by atoms with Gasteiger partial charge in [-0.3, -0.25) is 4.79 Å². The molecule has 0 aliphatic rings. The number of fused-ring (bicyclic) bond motifs is 1. The number of aromatic nitrogens is 3. The van der Waals surface area contributed by atoms with Gasteiger partial charge in [-0.25, -0.2) is 9.37 Å². The molecule has 0 amide bonds. The van der Waals surface area contributed by atoms with E-state index in [1.54, 1.807) is 59.1 Å². The standard InChI is InChI=1S/C33H36FN3O4/c1-9-25-28(36-31(35-25)17(2)3)27-15-23-30(41-27)24(16-37(8)32(23)38)22-14-20(33(6,7)39)10-11-26(22)40-29-18(4)12-21(34)13-19(29)5/h10-17,39H,9H2,1-8H3,(H,35,36). The van der Waals surface area contributed by atoms with E-state index in [0.29, 0.717) is 61.7 Å². The highest BCUT2D eigenvalue weighted by atomic mass is 19.1. The summed E-state index contributed by atoms with van der Waals surface area (Å²) in [5.74, 6) is 2.22. The van der Waals surface area contributed by atoms with Crippen LogP contribution in [0.3, 0.4) is 0 Å². The zero-order valence-corrected chi connectivity index (χ0v) is 24.8. The van der Waals surface area contributed by atoms with Crippen LogP contribution in [0.4, 0.5) is 4.39 Å². The molecule has 0 unspecified atom stereocenters. The quantitative estimate of drug-likeness (QED) is 0.214. The maximum absolute atomic E-state index is 14.0. The van der Waals surface area contributed by atoms with E-state index in [0.717, 1.165) is 17.9 Å². The number of aromatic amines is 1. The monoisotopic (exact) mass is 557 g/mol. The normalized spacial score (nSPS) is 12.1. The number of pyridine rings is 1. The van der Waals surface area contributed by atoms with Crippen LogP contribution in [0, 0.1) is 19.7 Å². The molecule has 0 aliphatic heterocycles. The second kappa shape index (κ2) is 10.3. The molecule has 5 rings (SSSR count). The summed E-state index contributed by atoms with van der Waals surface area (Å²) in [7, 11) is 1.69. The number of H-pyrrole nitrogens is 1. The Labute approximate surface area is 238 Å². The van der Waals surface area contributed by atoms with Gasteiger partial charge in [0.1, 0.15) is 34.4 Å². The summed E-state index contributed by atoms with van der Waals surface area (Å²) in [4.78, 5) is 21.5. The van der Waals surface area contributed by atoms with E-state index in [4.69, 9.17) is 14.1 Å². The second-order valence-electron chi connectivity index (χ2n) is 11.5. The highest BCUT2D eigenvalue weighted by Crippen LogP contribution is 2.42. The van der Waals surface area contributed by atoms with E-state index in [2.05, 4.69) is 18.8 Å². The fourth-order valence-electron chi connectivity index (χ4n) is 5.10. The minimum atomic E-state index is -1.14. The fraction of sp³-hybridized carbons (Fsp3) is 0.333. The molecule has 7 nitrogen and oxygen atoms in total. The van der Waals surface area contributed by atoms with E-state index in [-0.39, 0.29) is 17.3 Å². The number of nitrogens with zero attached hydrogens (tertiary/aromatic N) is 2. The molecule has 0 aliphatic carbocycles. The third-order valence-corrected chi connectivity index (χ3v) is 7.39. The molecule has 2 aromatic carbocycles. The van der Waals surface area contributed by atoms with Crippen LogP contribution in [0.15, 0.2) is 51.8 Å². The van der Waals surface area contributed by atoms with Gasteiger partial charge in [-0.2, -0.15) is 0 Å². The van der Waals surface area contributed by atoms with Crippen LogP contribution in [-0.4, -0.2) is 19.6 Å². The van der Waals surface area contributed by atoms with Crippen molar-refractivity contribution in [3.8, 4) is 34.1 Å². The Morgan fingerprint density at radius 2 is 1.80 bits per heavy atom. The lowest BCUT2D eigenvalue weighted by Gasteiger charge is -2.21. The molecule has 0 spiro atoms. The summed E-state index contributed by atoms with van der Waals surface area (Å²) in [6.07, 6.45) is 2.43. The van der Waals surface area contributed by atoms with Crippen molar-refractivity contribution in [3.63, 3.8) is 0 Å². The van der Waals surface area contributed by atoms with Crippen molar-refractivity contribution >= 4 is 11.0 Å². The molecule has 3 heterocycles. The van der Waals surface area contributed by atoms with Gasteiger partial charge in [-0.15, -0.1) is 0 Å². The molecule has 0 radical (unpaired) electrons. The van der Waals surface area contributed by atoms with Crippen LogP contribution < -0.4 is 10.3 Å². The largest absolute Gasteiger partial charge is 0.456 e. The van der Waals surface area contributed by atoms with Crippen molar-refractivity contribution < 1.29 is 18.7 Å². The number of ether oxygens (including phenoxy) is 1. The number of rotatable bonds is 7. The number of furan rings is 1. The van der Waals surface area contributed by atoms with E-state index < -0.39 is 5.60 Å². The number of nitrogens with one attached hydrogen (secondary N) is 1. The molecule has 2 N–H and O–H groups in total. The van der Waals surface area contributed by atoms with Crippen molar-refractivity contribution in [2.45, 2.75) is 66.4 Å². The van der Waals surface area contributed by atoms with Crippen LogP contribution >= 0.6 is 0 Å². The van der Waals surface area contributed by atoms with Gasteiger partial charge in [0.05, 0.1) is 11.0 Å². The average molecular weight is 558 g/mol. The summed E-state index contributed by atoms with van der Waals surface area (Å²) >= 11 is 0. The molecule has 8 heteroatoms. The fourth-order valence-corrected chi connectivity index (χ4v) is 5.10. The number of hydrogen-bond donors (Lipinski definition) is 2. The Hall–Kier alpha value is -4.17. The Morgan fingerprint density at radius 3 is 2.41 bits per heavy atom. The predicted octanol–water partition coefficient (Wildman–Crippen LogP) is 7.65.